The van der Waals surface area contributed by atoms with Gasteiger partial charge in [-0.2, -0.15) is 0 Å². The van der Waals surface area contributed by atoms with Crippen LogP contribution in [0.4, 0.5) is 15.8 Å². The van der Waals surface area contributed by atoms with Crippen molar-refractivity contribution in [2.75, 3.05) is 24.8 Å². The quantitative estimate of drug-likeness (QED) is 0.252. The molecule has 1 N–H and O–H groups in total. The molecule has 0 saturated carbocycles. The largest absolute Gasteiger partial charge is 0.483 e. The number of carbonyl (C=O) groups is 1. The van der Waals surface area contributed by atoms with Gasteiger partial charge in [0.2, 0.25) is 5.91 Å². The summed E-state index contributed by atoms with van der Waals surface area (Å²) in [5.41, 5.74) is -0.0818. The third-order valence-corrected chi connectivity index (χ3v) is 5.43. The number of benzene rings is 2. The molecule has 0 spiro atoms. The summed E-state index contributed by atoms with van der Waals surface area (Å²) in [5, 5.41) is 22.4. The minimum Gasteiger partial charge on any atom is -0.483 e. The second kappa shape index (κ2) is 11.4. The lowest BCUT2D eigenvalue weighted by Gasteiger charge is -2.17. The minimum absolute atomic E-state index is 0.0368. The second-order valence-electron chi connectivity index (χ2n) is 6.90. The number of nitro benzene ring substituents is 1. The van der Waals surface area contributed by atoms with Crippen molar-refractivity contribution in [3.8, 4) is 5.75 Å². The van der Waals surface area contributed by atoms with Crippen LogP contribution in [0.25, 0.3) is 0 Å². The average molecular weight is 476 g/mol. The third-order valence-electron chi connectivity index (χ3n) is 4.48. The summed E-state index contributed by atoms with van der Waals surface area (Å²) in [6, 6.07) is 11.7. The van der Waals surface area contributed by atoms with Gasteiger partial charge in [0.05, 0.1) is 23.3 Å². The molecule has 3 rings (SSSR count). The summed E-state index contributed by atoms with van der Waals surface area (Å²) in [6.45, 7) is 2.20. The van der Waals surface area contributed by atoms with E-state index in [-0.39, 0.29) is 35.5 Å². The number of methoxy groups -OCH3 is 1. The van der Waals surface area contributed by atoms with Gasteiger partial charge in [-0.3, -0.25) is 19.5 Å². The van der Waals surface area contributed by atoms with Crippen molar-refractivity contribution in [2.24, 2.45) is 0 Å². The summed E-state index contributed by atoms with van der Waals surface area (Å²) >= 11 is 1.11. The number of thioether (sulfide) groups is 1. The zero-order valence-electron chi connectivity index (χ0n) is 17.9. The van der Waals surface area contributed by atoms with Gasteiger partial charge < -0.3 is 14.8 Å². The SMILES string of the molecule is COCC(C)n1c(COc2ccccc2F)nnc1SCC(=O)Nc1ccccc1[N+](=O)[O-]. The first kappa shape index (κ1) is 24.1. The van der Waals surface area contributed by atoms with E-state index in [0.29, 0.717) is 17.6 Å². The molecular weight excluding hydrogens is 453 g/mol. The van der Waals surface area contributed by atoms with Crippen LogP contribution < -0.4 is 10.1 Å². The van der Waals surface area contributed by atoms with E-state index >= 15 is 0 Å². The van der Waals surface area contributed by atoms with Crippen LogP contribution in [-0.2, 0) is 16.1 Å². The highest BCUT2D eigenvalue weighted by atomic mass is 32.2. The number of hydrogen-bond donors (Lipinski definition) is 1. The molecule has 1 atom stereocenters. The fraction of sp³-hybridized carbons (Fsp3) is 0.286. The highest BCUT2D eigenvalue weighted by Crippen LogP contribution is 2.26. The molecule has 1 aromatic heterocycles. The van der Waals surface area contributed by atoms with Crippen molar-refractivity contribution in [1.29, 1.82) is 0 Å². The molecule has 0 saturated heterocycles. The van der Waals surface area contributed by atoms with Gasteiger partial charge in [0.25, 0.3) is 5.69 Å². The first-order valence-corrected chi connectivity index (χ1v) is 10.9. The minimum atomic E-state index is -0.562. The third kappa shape index (κ3) is 6.26. The Balaban J connectivity index is 1.71. The van der Waals surface area contributed by atoms with Crippen LogP contribution in [0.5, 0.6) is 5.75 Å². The van der Waals surface area contributed by atoms with E-state index in [1.807, 2.05) is 6.92 Å². The summed E-state index contributed by atoms with van der Waals surface area (Å²) < 4.78 is 26.4. The summed E-state index contributed by atoms with van der Waals surface area (Å²) in [7, 11) is 1.56. The number of anilines is 1. The lowest BCUT2D eigenvalue weighted by molar-refractivity contribution is -0.383. The Hall–Kier alpha value is -3.51. The van der Waals surface area contributed by atoms with Gasteiger partial charge in [0.15, 0.2) is 22.5 Å². The van der Waals surface area contributed by atoms with Gasteiger partial charge in [-0.25, -0.2) is 4.39 Å². The molecule has 174 valence electrons. The van der Waals surface area contributed by atoms with E-state index in [4.69, 9.17) is 9.47 Å². The van der Waals surface area contributed by atoms with Gasteiger partial charge in [-0.05, 0) is 25.1 Å². The fourth-order valence-corrected chi connectivity index (χ4v) is 3.88. The average Bonchev–Trinajstić information content (AvgIpc) is 3.20. The zero-order valence-corrected chi connectivity index (χ0v) is 18.8. The molecule has 33 heavy (non-hydrogen) atoms. The summed E-state index contributed by atoms with van der Waals surface area (Å²) in [4.78, 5) is 23.0. The number of nitro groups is 1. The first-order valence-electron chi connectivity index (χ1n) is 9.86. The Morgan fingerprint density at radius 2 is 1.97 bits per heavy atom. The van der Waals surface area contributed by atoms with Gasteiger partial charge >= 0.3 is 0 Å². The molecule has 0 fully saturated rings. The fourth-order valence-electron chi connectivity index (χ4n) is 3.02. The maximum Gasteiger partial charge on any atom is 0.292 e. The zero-order chi connectivity index (χ0) is 23.8. The van der Waals surface area contributed by atoms with Crippen molar-refractivity contribution in [2.45, 2.75) is 24.7 Å². The van der Waals surface area contributed by atoms with Gasteiger partial charge in [-0.1, -0.05) is 36.0 Å². The number of hydrogen-bond acceptors (Lipinski definition) is 8. The standard InChI is InChI=1S/C21H22FN5O5S/c1-14(11-31-2)26-19(12-32-18-10-6-3-7-15(18)22)24-25-21(26)33-13-20(28)23-16-8-4-5-9-17(16)27(29)30/h3-10,14H,11-13H2,1-2H3,(H,23,28). The molecule has 0 aliphatic heterocycles. The lowest BCUT2D eigenvalue weighted by atomic mass is 10.2. The van der Waals surface area contributed by atoms with Crippen LogP contribution in [0.2, 0.25) is 0 Å². The molecule has 0 aliphatic carbocycles. The van der Waals surface area contributed by atoms with Gasteiger partial charge in [0, 0.05) is 13.2 Å². The number of para-hydroxylation sites is 3. The van der Waals surface area contributed by atoms with Gasteiger partial charge in [0.1, 0.15) is 12.3 Å². The van der Waals surface area contributed by atoms with Gasteiger partial charge in [-0.15, -0.1) is 10.2 Å². The molecule has 1 unspecified atom stereocenters. The monoisotopic (exact) mass is 475 g/mol. The Labute approximate surface area is 193 Å². The number of halogens is 1. The molecule has 0 radical (unpaired) electrons. The smallest absolute Gasteiger partial charge is 0.292 e. The molecule has 12 heteroatoms. The number of aromatic nitrogens is 3. The number of amides is 1. The number of rotatable bonds is 11. The van der Waals surface area contributed by atoms with Crippen molar-refractivity contribution in [1.82, 2.24) is 14.8 Å². The highest BCUT2D eigenvalue weighted by molar-refractivity contribution is 7.99. The molecule has 10 nitrogen and oxygen atoms in total. The van der Waals surface area contributed by atoms with Crippen molar-refractivity contribution in [3.05, 3.63) is 70.3 Å². The van der Waals surface area contributed by atoms with Crippen LogP contribution in [-0.4, -0.2) is 45.1 Å². The van der Waals surface area contributed by atoms with E-state index in [9.17, 15) is 19.3 Å². The summed E-state index contributed by atoms with van der Waals surface area (Å²) in [5.74, 6) is -0.464. The van der Waals surface area contributed by atoms with Crippen LogP contribution in [0.15, 0.2) is 53.7 Å². The lowest BCUT2D eigenvalue weighted by Crippen LogP contribution is -2.18. The maximum absolute atomic E-state index is 13.9. The van der Waals surface area contributed by atoms with Crippen LogP contribution >= 0.6 is 11.8 Å². The van der Waals surface area contributed by atoms with E-state index in [1.54, 1.807) is 29.9 Å². The normalized spacial score (nSPS) is 11.7. The second-order valence-corrected chi connectivity index (χ2v) is 7.85. The van der Waals surface area contributed by atoms with Crippen LogP contribution in [0.1, 0.15) is 18.8 Å². The molecule has 0 bridgehead atoms. The topological polar surface area (TPSA) is 121 Å². The Morgan fingerprint density at radius 3 is 2.70 bits per heavy atom. The van der Waals surface area contributed by atoms with E-state index in [0.717, 1.165) is 11.8 Å². The van der Waals surface area contributed by atoms with Crippen molar-refractivity contribution >= 4 is 29.0 Å². The Kier molecular flexibility index (Phi) is 8.33. The molecule has 1 amide bonds. The van der Waals surface area contributed by atoms with Crippen molar-refractivity contribution < 1.29 is 23.6 Å². The van der Waals surface area contributed by atoms with E-state index in [1.165, 1.54) is 30.3 Å². The predicted molar refractivity (Wildman–Crippen MR) is 120 cm³/mol. The maximum atomic E-state index is 13.9. The number of carbonyl (C=O) groups excluding carboxylic acids is 1. The molecule has 0 aliphatic rings. The Morgan fingerprint density at radius 1 is 1.24 bits per heavy atom. The first-order chi connectivity index (χ1) is 15.9. The number of nitrogens with one attached hydrogen (secondary N) is 1. The predicted octanol–water partition coefficient (Wildman–Crippen LogP) is 3.84. The molecule has 2 aromatic carbocycles. The molecular formula is C21H22FN5O5S. The van der Waals surface area contributed by atoms with E-state index in [2.05, 4.69) is 15.5 Å². The summed E-state index contributed by atoms with van der Waals surface area (Å²) in [6.07, 6.45) is 0. The van der Waals surface area contributed by atoms with Crippen LogP contribution in [0, 0.1) is 15.9 Å². The molecule has 1 heterocycles. The number of nitrogens with zero attached hydrogens (tertiary/aromatic N) is 4. The highest BCUT2D eigenvalue weighted by Gasteiger charge is 2.21. The Bertz CT molecular complexity index is 1130. The van der Waals surface area contributed by atoms with Crippen molar-refractivity contribution in [3.63, 3.8) is 0 Å². The van der Waals surface area contributed by atoms with Crippen LogP contribution in [0.3, 0.4) is 0 Å². The number of ether oxygens (including phenoxy) is 2. The molecule has 3 aromatic rings. The van der Waals surface area contributed by atoms with E-state index < -0.39 is 16.6 Å².